The Morgan fingerprint density at radius 2 is 1.81 bits per heavy atom. The monoisotopic (exact) mass is 352 g/mol. The largest absolute Gasteiger partial charge is 0.454 e. The number of rotatable bonds is 2. The first-order chi connectivity index (χ1) is 12.8. The van der Waals surface area contributed by atoms with Crippen LogP contribution in [0.4, 0.5) is 5.95 Å². The Balaban J connectivity index is 1.25. The molecule has 1 atom stereocenters. The van der Waals surface area contributed by atoms with Crippen molar-refractivity contribution in [2.75, 3.05) is 37.9 Å². The minimum absolute atomic E-state index is 0.352. The van der Waals surface area contributed by atoms with Crippen molar-refractivity contribution in [3.8, 4) is 11.5 Å². The minimum atomic E-state index is 0.352. The van der Waals surface area contributed by atoms with E-state index in [-0.39, 0.29) is 0 Å². The predicted molar refractivity (Wildman–Crippen MR) is 98.9 cm³/mol. The Labute approximate surface area is 153 Å². The molecule has 136 valence electrons. The van der Waals surface area contributed by atoms with Crippen LogP contribution >= 0.6 is 0 Å². The number of piperazine rings is 1. The lowest BCUT2D eigenvalue weighted by atomic mass is 9.87. The molecule has 6 nitrogen and oxygen atoms in total. The Bertz CT molecular complexity index is 817. The Morgan fingerprint density at radius 3 is 2.58 bits per heavy atom. The Kier molecular flexibility index (Phi) is 3.93. The molecule has 1 fully saturated rings. The predicted octanol–water partition coefficient (Wildman–Crippen LogP) is 2.19. The Hall–Kier alpha value is -2.34. The minimum Gasteiger partial charge on any atom is -0.454 e. The maximum atomic E-state index is 5.56. The molecule has 0 spiro atoms. The number of aryl methyl sites for hydroxylation is 2. The molecule has 0 bridgehead atoms. The van der Waals surface area contributed by atoms with Gasteiger partial charge in [0, 0.05) is 44.1 Å². The smallest absolute Gasteiger partial charge is 0.231 e. The van der Waals surface area contributed by atoms with Gasteiger partial charge in [0.25, 0.3) is 0 Å². The van der Waals surface area contributed by atoms with Gasteiger partial charge >= 0.3 is 0 Å². The summed E-state index contributed by atoms with van der Waals surface area (Å²) in [6.45, 7) is 6.50. The molecule has 6 heteroatoms. The molecule has 1 unspecified atom stereocenters. The topological polar surface area (TPSA) is 50.7 Å². The van der Waals surface area contributed by atoms with Gasteiger partial charge in [-0.05, 0) is 55.5 Å². The zero-order valence-corrected chi connectivity index (χ0v) is 15.1. The first-order valence-electron chi connectivity index (χ1n) is 9.46. The molecule has 26 heavy (non-hydrogen) atoms. The van der Waals surface area contributed by atoms with Crippen LogP contribution in [0.15, 0.2) is 24.4 Å². The van der Waals surface area contributed by atoms with Crippen molar-refractivity contribution in [3.05, 3.63) is 41.2 Å². The van der Waals surface area contributed by atoms with Crippen LogP contribution in [0.2, 0.25) is 0 Å². The highest BCUT2D eigenvalue weighted by atomic mass is 16.7. The molecule has 0 amide bonds. The molecule has 5 rings (SSSR count). The molecule has 2 aliphatic heterocycles. The normalized spacial score (nSPS) is 22.3. The van der Waals surface area contributed by atoms with E-state index in [2.05, 4.69) is 31.9 Å². The molecule has 1 aromatic carbocycles. The number of benzene rings is 1. The molecule has 2 aromatic rings. The van der Waals surface area contributed by atoms with Gasteiger partial charge in [-0.3, -0.25) is 4.90 Å². The number of fused-ring (bicyclic) bond motifs is 2. The fraction of sp³-hybridized carbons (Fsp3) is 0.500. The molecule has 0 saturated carbocycles. The lowest BCUT2D eigenvalue weighted by molar-refractivity contribution is 0.169. The van der Waals surface area contributed by atoms with Crippen LogP contribution < -0.4 is 14.4 Å². The number of aromatic nitrogens is 2. The van der Waals surface area contributed by atoms with Crippen LogP contribution in [-0.2, 0) is 12.8 Å². The lowest BCUT2D eigenvalue weighted by Gasteiger charge is -2.41. The second-order valence-corrected chi connectivity index (χ2v) is 7.39. The lowest BCUT2D eigenvalue weighted by Crippen LogP contribution is -2.52. The highest BCUT2D eigenvalue weighted by molar-refractivity contribution is 5.49. The number of ether oxygens (including phenoxy) is 2. The van der Waals surface area contributed by atoms with Gasteiger partial charge in [-0.15, -0.1) is 0 Å². The summed E-state index contributed by atoms with van der Waals surface area (Å²) in [6.07, 6.45) is 5.30. The van der Waals surface area contributed by atoms with Crippen molar-refractivity contribution in [2.24, 2.45) is 0 Å². The first kappa shape index (κ1) is 15.9. The molecule has 1 aliphatic carbocycles. The zero-order valence-electron chi connectivity index (χ0n) is 15.1. The van der Waals surface area contributed by atoms with Crippen molar-refractivity contribution in [1.29, 1.82) is 0 Å². The van der Waals surface area contributed by atoms with E-state index in [0.717, 1.165) is 62.2 Å². The van der Waals surface area contributed by atoms with Gasteiger partial charge in [0.05, 0.1) is 0 Å². The highest BCUT2D eigenvalue weighted by Crippen LogP contribution is 2.38. The van der Waals surface area contributed by atoms with Gasteiger partial charge in [0.15, 0.2) is 11.5 Å². The molecule has 0 N–H and O–H groups in total. The molecule has 0 radical (unpaired) electrons. The third kappa shape index (κ3) is 2.88. The highest BCUT2D eigenvalue weighted by Gasteiger charge is 2.29. The summed E-state index contributed by atoms with van der Waals surface area (Å²) < 4.78 is 11.1. The quantitative estimate of drug-likeness (QED) is 0.826. The van der Waals surface area contributed by atoms with Crippen LogP contribution in [0.3, 0.4) is 0 Å². The second-order valence-electron chi connectivity index (χ2n) is 7.39. The van der Waals surface area contributed by atoms with Gasteiger partial charge in [0.2, 0.25) is 12.7 Å². The number of anilines is 1. The summed E-state index contributed by atoms with van der Waals surface area (Å²) in [5.41, 5.74) is 3.88. The summed E-state index contributed by atoms with van der Waals surface area (Å²) in [5.74, 6) is 2.69. The third-order valence-electron chi connectivity index (χ3n) is 5.79. The van der Waals surface area contributed by atoms with Crippen molar-refractivity contribution in [2.45, 2.75) is 32.2 Å². The van der Waals surface area contributed by atoms with Crippen molar-refractivity contribution >= 4 is 5.95 Å². The Morgan fingerprint density at radius 1 is 1.04 bits per heavy atom. The van der Waals surface area contributed by atoms with Crippen LogP contribution in [0.5, 0.6) is 11.5 Å². The number of hydrogen-bond donors (Lipinski definition) is 0. The summed E-state index contributed by atoms with van der Waals surface area (Å²) in [4.78, 5) is 13.9. The molecule has 1 saturated heterocycles. The van der Waals surface area contributed by atoms with E-state index in [1.165, 1.54) is 17.5 Å². The van der Waals surface area contributed by atoms with Crippen molar-refractivity contribution < 1.29 is 9.47 Å². The van der Waals surface area contributed by atoms with E-state index in [4.69, 9.17) is 9.47 Å². The van der Waals surface area contributed by atoms with E-state index in [1.807, 2.05) is 19.2 Å². The number of nitrogens with zero attached hydrogens (tertiary/aromatic N) is 4. The SMILES string of the molecule is Cc1ccnc(N2CCN(C3CCc4cc5c(cc4C3)OCO5)CC2)n1. The van der Waals surface area contributed by atoms with E-state index in [1.54, 1.807) is 0 Å². The molecular weight excluding hydrogens is 328 g/mol. The standard InChI is InChI=1S/C20H24N4O2/c1-14-4-5-21-20(22-14)24-8-6-23(7-9-24)17-3-2-15-11-18-19(26-13-25-18)12-16(15)10-17/h4-5,11-12,17H,2-3,6-10,13H2,1H3. The van der Waals surface area contributed by atoms with E-state index in [9.17, 15) is 0 Å². The van der Waals surface area contributed by atoms with Gasteiger partial charge in [-0.1, -0.05) is 0 Å². The third-order valence-corrected chi connectivity index (χ3v) is 5.79. The average Bonchev–Trinajstić information content (AvgIpc) is 3.13. The molecule has 3 heterocycles. The average molecular weight is 352 g/mol. The summed E-state index contributed by atoms with van der Waals surface area (Å²) in [5, 5.41) is 0. The summed E-state index contributed by atoms with van der Waals surface area (Å²) in [6, 6.07) is 6.94. The second kappa shape index (κ2) is 6.43. The molecule has 1 aromatic heterocycles. The summed E-state index contributed by atoms with van der Waals surface area (Å²) in [7, 11) is 0. The number of hydrogen-bond acceptors (Lipinski definition) is 6. The van der Waals surface area contributed by atoms with E-state index < -0.39 is 0 Å². The van der Waals surface area contributed by atoms with E-state index >= 15 is 0 Å². The van der Waals surface area contributed by atoms with Gasteiger partial charge in [-0.2, -0.15) is 0 Å². The maximum absolute atomic E-state index is 5.56. The van der Waals surface area contributed by atoms with Gasteiger partial charge < -0.3 is 14.4 Å². The maximum Gasteiger partial charge on any atom is 0.231 e. The van der Waals surface area contributed by atoms with Gasteiger partial charge in [0.1, 0.15) is 0 Å². The molecule has 3 aliphatic rings. The fourth-order valence-corrected chi connectivity index (χ4v) is 4.31. The van der Waals surface area contributed by atoms with Gasteiger partial charge in [-0.25, -0.2) is 9.97 Å². The van der Waals surface area contributed by atoms with Crippen LogP contribution in [0.25, 0.3) is 0 Å². The van der Waals surface area contributed by atoms with E-state index in [0.29, 0.717) is 12.8 Å². The molecular formula is C20H24N4O2. The fourth-order valence-electron chi connectivity index (χ4n) is 4.31. The van der Waals surface area contributed by atoms with Crippen LogP contribution in [0, 0.1) is 6.92 Å². The van der Waals surface area contributed by atoms with Crippen LogP contribution in [-0.4, -0.2) is 53.9 Å². The van der Waals surface area contributed by atoms with Crippen molar-refractivity contribution in [3.63, 3.8) is 0 Å². The summed E-state index contributed by atoms with van der Waals surface area (Å²) >= 11 is 0. The van der Waals surface area contributed by atoms with Crippen molar-refractivity contribution in [1.82, 2.24) is 14.9 Å². The first-order valence-corrected chi connectivity index (χ1v) is 9.46. The van der Waals surface area contributed by atoms with Crippen LogP contribution in [0.1, 0.15) is 23.2 Å². The zero-order chi connectivity index (χ0) is 17.5.